The van der Waals surface area contributed by atoms with Crippen LogP contribution in [0.3, 0.4) is 0 Å². The van der Waals surface area contributed by atoms with Crippen molar-refractivity contribution in [3.8, 4) is 11.1 Å². The Morgan fingerprint density at radius 2 is 1.76 bits per heavy atom. The summed E-state index contributed by atoms with van der Waals surface area (Å²) >= 11 is 1.66. The van der Waals surface area contributed by atoms with E-state index in [-0.39, 0.29) is 30.6 Å². The summed E-state index contributed by atoms with van der Waals surface area (Å²) in [6.07, 6.45) is 1.95. The highest BCUT2D eigenvalue weighted by Gasteiger charge is 2.38. The fourth-order valence-corrected chi connectivity index (χ4v) is 6.41. The normalized spacial score (nSPS) is 20.4. The Bertz CT molecular complexity index is 1610. The van der Waals surface area contributed by atoms with Gasteiger partial charge in [-0.3, -0.25) is 9.59 Å². The van der Waals surface area contributed by atoms with Gasteiger partial charge in [-0.25, -0.2) is 4.98 Å². The van der Waals surface area contributed by atoms with E-state index in [1.807, 2.05) is 84.5 Å². The first-order valence-electron chi connectivity index (χ1n) is 15.0. The highest BCUT2D eigenvalue weighted by molar-refractivity contribution is 7.99. The fraction of sp³-hybridized carbons (Fsp3) is 0.343. The summed E-state index contributed by atoms with van der Waals surface area (Å²) in [7, 11) is 1.98. The molecule has 1 saturated heterocycles. The molecule has 2 N–H and O–H groups in total. The number of hydrogen-bond donors (Lipinski definition) is 2. The minimum Gasteiger partial charge on any atom is -0.453 e. The maximum atomic E-state index is 12.3. The number of aliphatic hydroxyl groups excluding tert-OH is 1. The Morgan fingerprint density at radius 1 is 1.02 bits per heavy atom. The Kier molecular flexibility index (Phi) is 10.7. The zero-order chi connectivity index (χ0) is 31.9. The van der Waals surface area contributed by atoms with E-state index in [0.717, 1.165) is 38.5 Å². The molecule has 1 amide bonds. The summed E-state index contributed by atoms with van der Waals surface area (Å²) in [5.41, 5.74) is 5.68. The molecule has 45 heavy (non-hydrogen) atoms. The Morgan fingerprint density at radius 3 is 2.44 bits per heavy atom. The Balaban J connectivity index is 1.36. The Labute approximate surface area is 267 Å². The summed E-state index contributed by atoms with van der Waals surface area (Å²) in [4.78, 5) is 28.0. The molecule has 4 aromatic rings. The third-order valence-electron chi connectivity index (χ3n) is 7.87. The first kappa shape index (κ1) is 32.4. The van der Waals surface area contributed by atoms with Crippen LogP contribution >= 0.6 is 11.8 Å². The van der Waals surface area contributed by atoms with Gasteiger partial charge in [0.25, 0.3) is 5.91 Å². The van der Waals surface area contributed by atoms with E-state index in [4.69, 9.17) is 14.2 Å². The molecule has 10 heteroatoms. The number of amides is 1. The first-order chi connectivity index (χ1) is 21.7. The van der Waals surface area contributed by atoms with Gasteiger partial charge in [-0.15, -0.1) is 0 Å². The first-order valence-corrected chi connectivity index (χ1v) is 16.0. The van der Waals surface area contributed by atoms with Gasteiger partial charge >= 0.3 is 5.97 Å². The van der Waals surface area contributed by atoms with Gasteiger partial charge in [0.05, 0.1) is 18.8 Å². The largest absolute Gasteiger partial charge is 0.453 e. The molecule has 1 fully saturated rings. The topological polar surface area (TPSA) is 112 Å². The summed E-state index contributed by atoms with van der Waals surface area (Å²) in [6, 6.07) is 24.0. The van der Waals surface area contributed by atoms with Crippen LogP contribution in [-0.2, 0) is 44.0 Å². The van der Waals surface area contributed by atoms with E-state index in [0.29, 0.717) is 12.3 Å². The molecule has 1 aliphatic rings. The van der Waals surface area contributed by atoms with Gasteiger partial charge in [0.2, 0.25) is 0 Å². The number of nitrogens with one attached hydrogen (secondary N) is 1. The molecule has 0 bridgehead atoms. The number of thioether (sulfide) groups is 1. The van der Waals surface area contributed by atoms with Crippen LogP contribution in [-0.4, -0.2) is 44.5 Å². The molecule has 0 radical (unpaired) electrons. The molecule has 0 aliphatic carbocycles. The number of rotatable bonds is 11. The van der Waals surface area contributed by atoms with E-state index in [1.54, 1.807) is 24.9 Å². The van der Waals surface area contributed by atoms with Crippen molar-refractivity contribution in [2.24, 2.45) is 13.0 Å². The molecule has 1 aromatic heterocycles. The van der Waals surface area contributed by atoms with Crippen LogP contribution < -0.4 is 5.32 Å². The van der Waals surface area contributed by atoms with E-state index >= 15 is 0 Å². The van der Waals surface area contributed by atoms with E-state index in [9.17, 15) is 14.7 Å². The number of aliphatic hydroxyl groups is 1. The van der Waals surface area contributed by atoms with E-state index in [1.165, 1.54) is 6.92 Å². The molecular formula is C35H39N3O6S. The average molecular weight is 630 g/mol. The summed E-state index contributed by atoms with van der Waals surface area (Å²) < 4.78 is 20.3. The van der Waals surface area contributed by atoms with Crippen molar-refractivity contribution in [3.63, 3.8) is 0 Å². The molecule has 2 heterocycles. The summed E-state index contributed by atoms with van der Waals surface area (Å²) in [5, 5.41) is 13.3. The molecule has 0 spiro atoms. The van der Waals surface area contributed by atoms with Gasteiger partial charge in [-0.05, 0) is 46.9 Å². The van der Waals surface area contributed by atoms with Crippen molar-refractivity contribution >= 4 is 23.6 Å². The maximum absolute atomic E-state index is 12.3. The quantitative estimate of drug-likeness (QED) is 0.160. The zero-order valence-electron chi connectivity index (χ0n) is 25.9. The molecule has 5 atom stereocenters. The molecule has 1 aliphatic heterocycles. The highest BCUT2D eigenvalue weighted by Crippen LogP contribution is 2.43. The van der Waals surface area contributed by atoms with Gasteiger partial charge in [0, 0.05) is 50.1 Å². The van der Waals surface area contributed by atoms with Gasteiger partial charge in [-0.2, -0.15) is 0 Å². The number of carbonyl (C=O) groups excluding carboxylic acids is 2. The lowest BCUT2D eigenvalue weighted by Crippen LogP contribution is -2.38. The van der Waals surface area contributed by atoms with Crippen LogP contribution in [0.25, 0.3) is 11.1 Å². The summed E-state index contributed by atoms with van der Waals surface area (Å²) in [6.45, 7) is 5.27. The van der Waals surface area contributed by atoms with Crippen molar-refractivity contribution in [1.82, 2.24) is 14.9 Å². The van der Waals surface area contributed by atoms with Crippen LogP contribution in [0.2, 0.25) is 0 Å². The third-order valence-corrected chi connectivity index (χ3v) is 9.02. The van der Waals surface area contributed by atoms with Crippen molar-refractivity contribution < 1.29 is 28.9 Å². The second-order valence-electron chi connectivity index (χ2n) is 11.2. The number of esters is 1. The third kappa shape index (κ3) is 8.20. The molecule has 5 rings (SSSR count). The number of benzene rings is 3. The number of aromatic nitrogens is 2. The van der Waals surface area contributed by atoms with Crippen molar-refractivity contribution in [1.29, 1.82) is 0 Å². The van der Waals surface area contributed by atoms with Crippen LogP contribution in [0.4, 0.5) is 0 Å². The lowest BCUT2D eigenvalue weighted by molar-refractivity contribution is -0.268. The fourth-order valence-electron chi connectivity index (χ4n) is 5.32. The molecule has 3 aromatic carbocycles. The molecule has 5 unspecified atom stereocenters. The average Bonchev–Trinajstić information content (AvgIpc) is 3.47. The molecule has 0 saturated carbocycles. The number of aryl methyl sites for hydroxylation is 1. The minimum atomic E-state index is -0.858. The number of nitrogens with zero attached hydrogens (tertiary/aromatic N) is 2. The Hall–Kier alpha value is -3.96. The predicted molar refractivity (Wildman–Crippen MR) is 172 cm³/mol. The van der Waals surface area contributed by atoms with Gasteiger partial charge < -0.3 is 29.2 Å². The number of imidazole rings is 1. The van der Waals surface area contributed by atoms with Crippen LogP contribution in [0.15, 0.2) is 90.3 Å². The SMILES string of the molecule is CC(=O)OC(C)C(=O)NCc1cccc(-c2cccc(C3OC(CSc4nccn4C)C(C)C(c4ccc(CO)cc4)O3)c2)c1. The minimum absolute atomic E-state index is 0.0101. The van der Waals surface area contributed by atoms with Gasteiger partial charge in [0.15, 0.2) is 17.6 Å². The van der Waals surface area contributed by atoms with Gasteiger partial charge in [-0.1, -0.05) is 79.3 Å². The standard InChI is InChI=1S/C35H39N3O6S/c1-22-31(21-45-35-36-15-16-38(35)4)43-34(44-32(22)27-13-11-25(20-39)12-14-27)30-10-6-9-29(18-30)28-8-5-7-26(17-28)19-37-33(41)23(2)42-24(3)40/h5-18,22-23,31-32,34,39H,19-21H2,1-4H3,(H,37,41). The van der Waals surface area contributed by atoms with Crippen LogP contribution in [0.5, 0.6) is 0 Å². The second kappa shape index (κ2) is 14.9. The number of hydrogen-bond acceptors (Lipinski definition) is 8. The summed E-state index contributed by atoms with van der Waals surface area (Å²) in [5.74, 6) is -0.0769. The second-order valence-corrected chi connectivity index (χ2v) is 12.2. The lowest BCUT2D eigenvalue weighted by Gasteiger charge is -2.41. The van der Waals surface area contributed by atoms with Crippen molar-refractivity contribution in [2.45, 2.75) is 63.7 Å². The molecule has 9 nitrogen and oxygen atoms in total. The smallest absolute Gasteiger partial charge is 0.303 e. The van der Waals surface area contributed by atoms with Crippen molar-refractivity contribution in [2.75, 3.05) is 5.75 Å². The number of ether oxygens (including phenoxy) is 3. The lowest BCUT2D eigenvalue weighted by atomic mass is 9.91. The van der Waals surface area contributed by atoms with E-state index in [2.05, 4.69) is 23.3 Å². The highest BCUT2D eigenvalue weighted by atomic mass is 32.2. The van der Waals surface area contributed by atoms with Gasteiger partial charge in [0.1, 0.15) is 0 Å². The monoisotopic (exact) mass is 629 g/mol. The van der Waals surface area contributed by atoms with Crippen LogP contribution in [0.1, 0.15) is 55.4 Å². The zero-order valence-corrected chi connectivity index (χ0v) is 26.7. The van der Waals surface area contributed by atoms with Crippen LogP contribution in [0, 0.1) is 5.92 Å². The number of carbonyl (C=O) groups is 2. The molecular weight excluding hydrogens is 590 g/mol. The molecule has 236 valence electrons. The van der Waals surface area contributed by atoms with E-state index < -0.39 is 18.4 Å². The van der Waals surface area contributed by atoms with Crippen molar-refractivity contribution in [3.05, 3.63) is 107 Å². The maximum Gasteiger partial charge on any atom is 0.303 e. The predicted octanol–water partition coefficient (Wildman–Crippen LogP) is 5.73.